The van der Waals surface area contributed by atoms with Crippen LogP contribution >= 0.6 is 0 Å². The van der Waals surface area contributed by atoms with Crippen LogP contribution in [0.15, 0.2) is 66.7 Å². The van der Waals surface area contributed by atoms with Crippen LogP contribution in [0.2, 0.25) is 0 Å². The third kappa shape index (κ3) is 4.62. The van der Waals surface area contributed by atoms with Crippen LogP contribution in [0.5, 0.6) is 0 Å². The predicted octanol–water partition coefficient (Wildman–Crippen LogP) is 5.59. The van der Waals surface area contributed by atoms with Crippen LogP contribution in [-0.2, 0) is 9.59 Å². The van der Waals surface area contributed by atoms with Gasteiger partial charge in [-0.25, -0.2) is 0 Å². The number of nitrogens with one attached hydrogen (secondary N) is 1. The van der Waals surface area contributed by atoms with Crippen LogP contribution in [0.1, 0.15) is 38.5 Å². The standard InChI is InChI=1S/C29H31N3O2/c30-29(34)27(32-17-4-1-5-18-32)9-6-10-28(33)31-22-13-16-24-21(19-22)12-15-25-23-8-3-2-7-20(23)11-14-26(24)25/h2-3,7-8,11-16,19,27H,1,4-6,9-10,17-18H2,(H2,30,34)(H,31,33). The molecule has 1 atom stereocenters. The average Bonchev–Trinajstić information content (AvgIpc) is 2.86. The number of hydrogen-bond donors (Lipinski definition) is 2. The van der Waals surface area contributed by atoms with Crippen LogP contribution in [-0.4, -0.2) is 35.8 Å². The van der Waals surface area contributed by atoms with E-state index in [1.807, 2.05) is 12.1 Å². The first kappa shape index (κ1) is 22.4. The van der Waals surface area contributed by atoms with Crippen LogP contribution in [0, 0.1) is 0 Å². The zero-order chi connectivity index (χ0) is 23.5. The van der Waals surface area contributed by atoms with Crippen molar-refractivity contribution in [3.63, 3.8) is 0 Å². The number of fused-ring (bicyclic) bond motifs is 5. The number of likely N-dealkylation sites (tertiary alicyclic amines) is 1. The number of rotatable bonds is 7. The van der Waals surface area contributed by atoms with Gasteiger partial charge in [0.25, 0.3) is 0 Å². The van der Waals surface area contributed by atoms with Gasteiger partial charge in [-0.2, -0.15) is 0 Å². The maximum Gasteiger partial charge on any atom is 0.234 e. The van der Waals surface area contributed by atoms with Crippen LogP contribution in [0.3, 0.4) is 0 Å². The lowest BCUT2D eigenvalue weighted by Crippen LogP contribution is -2.47. The molecule has 4 aromatic rings. The fraction of sp³-hybridized carbons (Fsp3) is 0.310. The Morgan fingerprint density at radius 2 is 1.50 bits per heavy atom. The molecule has 5 rings (SSSR count). The Bertz CT molecular complexity index is 1360. The number of amides is 2. The molecule has 3 N–H and O–H groups in total. The van der Waals surface area contributed by atoms with E-state index in [0.717, 1.165) is 37.0 Å². The normalized spacial score (nSPS) is 15.5. The minimum Gasteiger partial charge on any atom is -0.368 e. The monoisotopic (exact) mass is 453 g/mol. The maximum absolute atomic E-state index is 12.6. The van der Waals surface area contributed by atoms with Crippen molar-refractivity contribution in [2.45, 2.75) is 44.6 Å². The molecule has 0 bridgehead atoms. The lowest BCUT2D eigenvalue weighted by atomic mass is 9.97. The fourth-order valence-corrected chi connectivity index (χ4v) is 5.32. The minimum atomic E-state index is -0.281. The van der Waals surface area contributed by atoms with Crippen molar-refractivity contribution in [1.29, 1.82) is 0 Å². The summed E-state index contributed by atoms with van der Waals surface area (Å²) >= 11 is 0. The van der Waals surface area contributed by atoms with E-state index in [1.54, 1.807) is 0 Å². The molecule has 1 fully saturated rings. The lowest BCUT2D eigenvalue weighted by molar-refractivity contribution is -0.124. The third-order valence-electron chi connectivity index (χ3n) is 7.07. The van der Waals surface area contributed by atoms with Crippen molar-refractivity contribution in [3.05, 3.63) is 66.7 Å². The Morgan fingerprint density at radius 1 is 0.824 bits per heavy atom. The number of piperidine rings is 1. The number of hydrogen-bond acceptors (Lipinski definition) is 3. The van der Waals surface area contributed by atoms with Gasteiger partial charge in [0.1, 0.15) is 0 Å². The summed E-state index contributed by atoms with van der Waals surface area (Å²) in [5.41, 5.74) is 6.44. The number of benzene rings is 4. The van der Waals surface area contributed by atoms with Crippen molar-refractivity contribution in [3.8, 4) is 0 Å². The summed E-state index contributed by atoms with van der Waals surface area (Å²) in [6.45, 7) is 1.84. The Kier molecular flexibility index (Phi) is 6.45. The Labute approximate surface area is 199 Å². The number of carbonyl (C=O) groups is 2. The molecule has 4 aromatic carbocycles. The largest absolute Gasteiger partial charge is 0.368 e. The van der Waals surface area contributed by atoms with Crippen molar-refractivity contribution < 1.29 is 9.59 Å². The quantitative estimate of drug-likeness (QED) is 0.358. The van der Waals surface area contributed by atoms with Gasteiger partial charge in [-0.3, -0.25) is 14.5 Å². The Morgan fingerprint density at radius 3 is 2.26 bits per heavy atom. The first-order valence-corrected chi connectivity index (χ1v) is 12.3. The van der Waals surface area contributed by atoms with Crippen molar-refractivity contribution >= 4 is 49.8 Å². The maximum atomic E-state index is 12.6. The molecule has 2 amide bonds. The molecule has 5 nitrogen and oxygen atoms in total. The molecule has 174 valence electrons. The first-order valence-electron chi connectivity index (χ1n) is 12.3. The molecule has 1 unspecified atom stereocenters. The number of carbonyl (C=O) groups excluding carboxylic acids is 2. The van der Waals surface area contributed by atoms with E-state index < -0.39 is 0 Å². The van der Waals surface area contributed by atoms with Gasteiger partial charge in [0, 0.05) is 12.1 Å². The predicted molar refractivity (Wildman–Crippen MR) is 140 cm³/mol. The Hall–Kier alpha value is -3.44. The second kappa shape index (κ2) is 9.82. The summed E-state index contributed by atoms with van der Waals surface area (Å²) in [5.74, 6) is -0.315. The summed E-state index contributed by atoms with van der Waals surface area (Å²) in [6, 6.07) is 22.9. The second-order valence-corrected chi connectivity index (χ2v) is 9.34. The van der Waals surface area contributed by atoms with E-state index in [2.05, 4.69) is 64.8 Å². The lowest BCUT2D eigenvalue weighted by Gasteiger charge is -2.32. The molecular weight excluding hydrogens is 422 g/mol. The van der Waals surface area contributed by atoms with Crippen molar-refractivity contribution in [1.82, 2.24) is 4.90 Å². The van der Waals surface area contributed by atoms with Gasteiger partial charge in [0.05, 0.1) is 6.04 Å². The molecule has 0 aromatic heterocycles. The zero-order valence-electron chi connectivity index (χ0n) is 19.4. The molecule has 34 heavy (non-hydrogen) atoms. The van der Waals surface area contributed by atoms with Gasteiger partial charge in [-0.15, -0.1) is 0 Å². The van der Waals surface area contributed by atoms with E-state index in [9.17, 15) is 9.59 Å². The van der Waals surface area contributed by atoms with Gasteiger partial charge in [-0.05, 0) is 83.2 Å². The number of nitrogens with two attached hydrogens (primary N) is 1. The van der Waals surface area contributed by atoms with Crippen LogP contribution < -0.4 is 11.1 Å². The van der Waals surface area contributed by atoms with E-state index in [1.165, 1.54) is 33.4 Å². The second-order valence-electron chi connectivity index (χ2n) is 9.34. The van der Waals surface area contributed by atoms with Crippen LogP contribution in [0.25, 0.3) is 32.3 Å². The summed E-state index contributed by atoms with van der Waals surface area (Å²) in [5, 5.41) is 10.2. The van der Waals surface area contributed by atoms with Gasteiger partial charge in [-0.1, -0.05) is 61.0 Å². The highest BCUT2D eigenvalue weighted by atomic mass is 16.2. The molecule has 1 aliphatic heterocycles. The van der Waals surface area contributed by atoms with E-state index in [0.29, 0.717) is 19.3 Å². The zero-order valence-corrected chi connectivity index (χ0v) is 19.4. The minimum absolute atomic E-state index is 0.0343. The van der Waals surface area contributed by atoms with E-state index >= 15 is 0 Å². The molecule has 0 aliphatic carbocycles. The molecule has 1 saturated heterocycles. The number of anilines is 1. The van der Waals surface area contributed by atoms with Gasteiger partial charge in [0.2, 0.25) is 11.8 Å². The topological polar surface area (TPSA) is 75.4 Å². The Balaban J connectivity index is 1.26. The first-order chi connectivity index (χ1) is 16.6. The van der Waals surface area contributed by atoms with E-state index in [4.69, 9.17) is 5.73 Å². The third-order valence-corrected chi connectivity index (χ3v) is 7.07. The van der Waals surface area contributed by atoms with Crippen molar-refractivity contribution in [2.75, 3.05) is 18.4 Å². The highest BCUT2D eigenvalue weighted by Gasteiger charge is 2.25. The average molecular weight is 454 g/mol. The molecule has 0 radical (unpaired) electrons. The number of nitrogens with zero attached hydrogens (tertiary/aromatic N) is 1. The summed E-state index contributed by atoms with van der Waals surface area (Å²) in [4.78, 5) is 26.7. The van der Waals surface area contributed by atoms with Gasteiger partial charge >= 0.3 is 0 Å². The highest BCUT2D eigenvalue weighted by Crippen LogP contribution is 2.32. The summed E-state index contributed by atoms with van der Waals surface area (Å²) in [6.07, 6.45) is 5.07. The van der Waals surface area contributed by atoms with E-state index in [-0.39, 0.29) is 17.9 Å². The van der Waals surface area contributed by atoms with Gasteiger partial charge < -0.3 is 11.1 Å². The highest BCUT2D eigenvalue weighted by molar-refractivity contribution is 6.17. The number of primary amides is 1. The molecule has 0 saturated carbocycles. The molecule has 0 spiro atoms. The fourth-order valence-electron chi connectivity index (χ4n) is 5.32. The SMILES string of the molecule is NC(=O)C(CCCC(=O)Nc1ccc2c(ccc3c4ccccc4ccc23)c1)N1CCCCC1. The molecule has 5 heteroatoms. The smallest absolute Gasteiger partial charge is 0.234 e. The molecule has 1 aliphatic rings. The molecule has 1 heterocycles. The molecular formula is C29H31N3O2. The summed E-state index contributed by atoms with van der Waals surface area (Å²) in [7, 11) is 0. The van der Waals surface area contributed by atoms with Crippen LogP contribution in [0.4, 0.5) is 5.69 Å². The van der Waals surface area contributed by atoms with Crippen molar-refractivity contribution in [2.24, 2.45) is 5.73 Å². The summed E-state index contributed by atoms with van der Waals surface area (Å²) < 4.78 is 0. The van der Waals surface area contributed by atoms with Gasteiger partial charge in [0.15, 0.2) is 0 Å².